The highest BCUT2D eigenvalue weighted by atomic mass is 16.3. The summed E-state index contributed by atoms with van der Waals surface area (Å²) in [4.78, 5) is 24.1. The Morgan fingerprint density at radius 1 is 1.00 bits per heavy atom. The zero-order valence-corrected chi connectivity index (χ0v) is 20.4. The molecule has 0 radical (unpaired) electrons. The molecule has 0 bridgehead atoms. The summed E-state index contributed by atoms with van der Waals surface area (Å²) in [6, 6.07) is 23.1. The predicted molar refractivity (Wildman–Crippen MR) is 139 cm³/mol. The van der Waals surface area contributed by atoms with Crippen molar-refractivity contribution in [2.75, 3.05) is 5.01 Å². The number of nitrogens with zero attached hydrogens (tertiary/aromatic N) is 3. The molecule has 1 aromatic heterocycles. The maximum absolute atomic E-state index is 12.4. The van der Waals surface area contributed by atoms with Crippen LogP contribution < -0.4 is 15.9 Å². The first-order chi connectivity index (χ1) is 17.1. The molecule has 3 aromatic rings. The molecule has 2 aliphatic rings. The molecule has 2 aromatic carbocycles. The maximum atomic E-state index is 12.4. The van der Waals surface area contributed by atoms with E-state index in [2.05, 4.69) is 10.6 Å². The third-order valence-corrected chi connectivity index (χ3v) is 6.88. The average molecular weight is 475 g/mol. The summed E-state index contributed by atoms with van der Waals surface area (Å²) >= 11 is 0. The van der Waals surface area contributed by atoms with Crippen LogP contribution in [0.25, 0.3) is 0 Å². The van der Waals surface area contributed by atoms with E-state index in [1.54, 1.807) is 10.6 Å². The van der Waals surface area contributed by atoms with Crippen LogP contribution >= 0.6 is 0 Å². The van der Waals surface area contributed by atoms with E-state index in [0.717, 1.165) is 42.5 Å². The Labute approximate surface area is 206 Å². The van der Waals surface area contributed by atoms with Gasteiger partial charge >= 0.3 is 0 Å². The second kappa shape index (κ2) is 11.4. The number of benzene rings is 2. The molecule has 1 saturated heterocycles. The molecule has 0 aliphatic carbocycles. The second-order valence-electron chi connectivity index (χ2n) is 8.94. The average Bonchev–Trinajstić information content (AvgIpc) is 3.55. The first kappa shape index (κ1) is 24.8. The standard InChI is InChI=1S/C26H28N4O3.C2H6/c31-25-8-4-7-21-14-16-24(29(21)25)30(28-33)22-12-9-18(10-13-22)17-20-11-15-23(27-20)26(32)19-5-2-1-3-6-19;1-2/h1-10,12-13,20,23-24,26-27,32H,11,14-17H2;1-2H3/t20-,23+,24-,26?;/m0./s1. The quantitative estimate of drug-likeness (QED) is 0.376. The third-order valence-electron chi connectivity index (χ3n) is 6.88. The van der Waals surface area contributed by atoms with E-state index in [1.165, 1.54) is 11.1 Å². The lowest BCUT2D eigenvalue weighted by Crippen LogP contribution is -2.35. The molecular formula is C28H34N4O3. The van der Waals surface area contributed by atoms with Crippen molar-refractivity contribution in [2.24, 2.45) is 5.29 Å². The van der Waals surface area contributed by atoms with Gasteiger partial charge in [0.1, 0.15) is 6.17 Å². The van der Waals surface area contributed by atoms with Crippen LogP contribution in [0.1, 0.15) is 62.2 Å². The number of aliphatic hydroxyl groups excluding tert-OH is 1. The minimum Gasteiger partial charge on any atom is -0.387 e. The number of fused-ring (bicyclic) bond motifs is 1. The van der Waals surface area contributed by atoms with Crippen LogP contribution in [0.4, 0.5) is 5.69 Å². The number of pyridine rings is 1. The van der Waals surface area contributed by atoms with Crippen LogP contribution in [0, 0.1) is 4.91 Å². The number of hydrogen-bond donors (Lipinski definition) is 2. The molecule has 184 valence electrons. The van der Waals surface area contributed by atoms with Crippen LogP contribution in [0.5, 0.6) is 0 Å². The maximum Gasteiger partial charge on any atom is 0.252 e. The largest absolute Gasteiger partial charge is 0.387 e. The molecule has 0 saturated carbocycles. The molecule has 35 heavy (non-hydrogen) atoms. The van der Waals surface area contributed by atoms with Gasteiger partial charge in [-0.05, 0) is 61.4 Å². The minimum absolute atomic E-state index is 0.0483. The predicted octanol–water partition coefficient (Wildman–Crippen LogP) is 4.90. The highest BCUT2D eigenvalue weighted by Gasteiger charge is 2.31. The van der Waals surface area contributed by atoms with Crippen molar-refractivity contribution in [3.63, 3.8) is 0 Å². The first-order valence-corrected chi connectivity index (χ1v) is 12.5. The fraction of sp³-hybridized carbons (Fsp3) is 0.393. The van der Waals surface area contributed by atoms with Crippen LogP contribution in [0.15, 0.2) is 82.9 Å². The highest BCUT2D eigenvalue weighted by molar-refractivity contribution is 5.48. The molecule has 2 N–H and O–H groups in total. The number of hydrogen-bond acceptors (Lipinski definition) is 5. The Morgan fingerprint density at radius 3 is 2.46 bits per heavy atom. The third kappa shape index (κ3) is 5.36. The van der Waals surface area contributed by atoms with Crippen molar-refractivity contribution < 1.29 is 5.11 Å². The Morgan fingerprint density at radius 2 is 1.74 bits per heavy atom. The van der Waals surface area contributed by atoms with Crippen molar-refractivity contribution in [2.45, 2.75) is 70.3 Å². The molecule has 0 spiro atoms. The van der Waals surface area contributed by atoms with Crippen LogP contribution in [-0.2, 0) is 12.8 Å². The Kier molecular flexibility index (Phi) is 8.10. The van der Waals surface area contributed by atoms with E-state index >= 15 is 0 Å². The number of aryl methyl sites for hydroxylation is 1. The summed E-state index contributed by atoms with van der Waals surface area (Å²) in [6.07, 6.45) is 3.28. The second-order valence-corrected chi connectivity index (χ2v) is 8.94. The van der Waals surface area contributed by atoms with Gasteiger partial charge in [-0.1, -0.05) is 62.4 Å². The molecule has 1 unspecified atom stereocenters. The van der Waals surface area contributed by atoms with Gasteiger partial charge in [0, 0.05) is 23.8 Å². The molecule has 0 amide bonds. The Hall–Kier alpha value is -3.29. The normalized spacial score (nSPS) is 21.5. The van der Waals surface area contributed by atoms with Gasteiger partial charge in [0.2, 0.25) is 0 Å². The van der Waals surface area contributed by atoms with Gasteiger partial charge in [-0.15, -0.1) is 4.91 Å². The summed E-state index contributed by atoms with van der Waals surface area (Å²) in [7, 11) is 0. The van der Waals surface area contributed by atoms with Crippen LogP contribution in [0.3, 0.4) is 0 Å². The first-order valence-electron chi connectivity index (χ1n) is 12.5. The van der Waals surface area contributed by atoms with Crippen molar-refractivity contribution >= 4 is 5.69 Å². The van der Waals surface area contributed by atoms with Gasteiger partial charge in [0.15, 0.2) is 0 Å². The zero-order chi connectivity index (χ0) is 24.8. The number of nitroso groups, excluding NO2 is 1. The lowest BCUT2D eigenvalue weighted by atomic mass is 10.0. The van der Waals surface area contributed by atoms with Gasteiger partial charge < -0.3 is 10.4 Å². The molecular weight excluding hydrogens is 440 g/mol. The summed E-state index contributed by atoms with van der Waals surface area (Å²) in [6.45, 7) is 4.00. The molecule has 4 atom stereocenters. The van der Waals surface area contributed by atoms with Crippen molar-refractivity contribution in [1.82, 2.24) is 9.88 Å². The SMILES string of the molecule is CC.O=NN(c1ccc(C[C@@H]2CC[C@H](C(O)c3ccccc3)N2)cc1)[C@H]1CCc2cccc(=O)n21. The summed E-state index contributed by atoms with van der Waals surface area (Å²) in [5, 5.41) is 18.9. The smallest absolute Gasteiger partial charge is 0.252 e. The molecule has 1 fully saturated rings. The number of anilines is 1. The Bertz CT molecular complexity index is 1160. The van der Waals surface area contributed by atoms with Crippen LogP contribution in [0.2, 0.25) is 0 Å². The summed E-state index contributed by atoms with van der Waals surface area (Å²) in [5.41, 5.74) is 3.59. The van der Waals surface area contributed by atoms with Crippen molar-refractivity contribution in [3.8, 4) is 0 Å². The van der Waals surface area contributed by atoms with Gasteiger partial charge in [-0.3, -0.25) is 9.36 Å². The monoisotopic (exact) mass is 474 g/mol. The van der Waals surface area contributed by atoms with Gasteiger partial charge in [0.05, 0.1) is 17.1 Å². The van der Waals surface area contributed by atoms with E-state index in [9.17, 15) is 14.8 Å². The molecule has 5 rings (SSSR count). The lowest BCUT2D eigenvalue weighted by Gasteiger charge is -2.25. The number of aliphatic hydroxyl groups is 1. The van der Waals surface area contributed by atoms with Crippen molar-refractivity contribution in [1.29, 1.82) is 0 Å². The van der Waals surface area contributed by atoms with E-state index < -0.39 is 12.3 Å². The van der Waals surface area contributed by atoms with E-state index in [4.69, 9.17) is 0 Å². The summed E-state index contributed by atoms with van der Waals surface area (Å²) < 4.78 is 1.66. The minimum atomic E-state index is -0.511. The molecule has 2 aliphatic heterocycles. The van der Waals surface area contributed by atoms with E-state index in [0.29, 0.717) is 18.2 Å². The molecule has 7 nitrogen and oxygen atoms in total. The van der Waals surface area contributed by atoms with Gasteiger partial charge in [0.25, 0.3) is 5.56 Å². The molecule has 7 heteroatoms. The summed E-state index contributed by atoms with van der Waals surface area (Å²) in [5.74, 6) is 0. The van der Waals surface area contributed by atoms with Crippen LogP contribution in [-0.4, -0.2) is 21.8 Å². The zero-order valence-electron chi connectivity index (χ0n) is 20.4. The fourth-order valence-corrected chi connectivity index (χ4v) is 5.21. The number of rotatable bonds is 7. The fourth-order valence-electron chi connectivity index (χ4n) is 5.21. The van der Waals surface area contributed by atoms with Gasteiger partial charge in [-0.2, -0.15) is 0 Å². The highest BCUT2D eigenvalue weighted by Crippen LogP contribution is 2.32. The number of aromatic nitrogens is 1. The van der Waals surface area contributed by atoms with Gasteiger partial charge in [-0.25, -0.2) is 5.01 Å². The van der Waals surface area contributed by atoms with E-state index in [-0.39, 0.29) is 11.6 Å². The number of nitrogens with one attached hydrogen (secondary N) is 1. The van der Waals surface area contributed by atoms with E-state index in [1.807, 2.05) is 74.5 Å². The topological polar surface area (TPSA) is 86.9 Å². The van der Waals surface area contributed by atoms with Crippen molar-refractivity contribution in [3.05, 3.63) is 105 Å². The lowest BCUT2D eigenvalue weighted by molar-refractivity contribution is 0.135. The Balaban J connectivity index is 0.00000141. The molecule has 3 heterocycles.